The van der Waals surface area contributed by atoms with Crippen LogP contribution >= 0.6 is 11.8 Å². The number of amidine groups is 1. The second-order valence-electron chi connectivity index (χ2n) is 6.76. The number of rotatable bonds is 4. The molecule has 1 atom stereocenters. The normalized spacial score (nSPS) is 23.1. The van der Waals surface area contributed by atoms with E-state index < -0.39 is 0 Å². The average Bonchev–Trinajstić information content (AvgIpc) is 3.34. The van der Waals surface area contributed by atoms with Gasteiger partial charge in [-0.15, -0.1) is 0 Å². The second-order valence-corrected chi connectivity index (χ2v) is 7.77. The van der Waals surface area contributed by atoms with E-state index >= 15 is 0 Å². The minimum atomic E-state index is -0.0246. The fourth-order valence-corrected chi connectivity index (χ4v) is 4.29. The number of amides is 1. The number of carbonyl (C=O) groups is 1. The Kier molecular flexibility index (Phi) is 5.18. The van der Waals surface area contributed by atoms with Gasteiger partial charge in [0.15, 0.2) is 5.17 Å². The number of ether oxygens (including phenoxy) is 1. The number of hydrogen-bond donors (Lipinski definition) is 0. The molecule has 5 nitrogen and oxygen atoms in total. The molecule has 6 heteroatoms. The predicted octanol–water partition coefficient (Wildman–Crippen LogP) is 4.68. The third kappa shape index (κ3) is 4.01. The third-order valence-electron chi connectivity index (χ3n) is 4.65. The molecule has 1 unspecified atom stereocenters. The molecule has 0 bridgehead atoms. The molecular weight excluding hydrogens is 360 g/mol. The lowest BCUT2D eigenvalue weighted by Gasteiger charge is -2.19. The van der Waals surface area contributed by atoms with Crippen molar-refractivity contribution in [3.63, 3.8) is 0 Å². The summed E-state index contributed by atoms with van der Waals surface area (Å²) >= 11 is 1.41. The summed E-state index contributed by atoms with van der Waals surface area (Å²) in [6, 6.07) is 11.7. The van der Waals surface area contributed by atoms with Gasteiger partial charge in [-0.3, -0.25) is 9.69 Å². The highest BCUT2D eigenvalue weighted by atomic mass is 32.2. The Labute approximate surface area is 163 Å². The zero-order valence-electron chi connectivity index (χ0n) is 15.5. The Morgan fingerprint density at radius 3 is 2.78 bits per heavy atom. The highest BCUT2D eigenvalue weighted by molar-refractivity contribution is 8.18. The number of para-hydroxylation sites is 1. The first-order valence-electron chi connectivity index (χ1n) is 9.14. The third-order valence-corrected chi connectivity index (χ3v) is 5.65. The molecule has 0 N–H and O–H groups in total. The molecule has 0 spiro atoms. The first kappa shape index (κ1) is 18.1. The molecule has 2 saturated heterocycles. The topological polar surface area (TPSA) is 55.0 Å². The summed E-state index contributed by atoms with van der Waals surface area (Å²) in [4.78, 5) is 20.2. The fraction of sp³-hybridized carbons (Fsp3) is 0.333. The number of hydrogen-bond acceptors (Lipinski definition) is 5. The molecule has 2 aliphatic heterocycles. The van der Waals surface area contributed by atoms with Crippen LogP contribution in [0.4, 0.5) is 5.69 Å². The van der Waals surface area contributed by atoms with E-state index in [4.69, 9.17) is 14.1 Å². The standard InChI is InChI=1S/C21H22N2O3S/c1-14-11-16(15(2)26-14)12-19-20(24)23(13-18-9-6-10-25-18)21(27-19)22-17-7-4-3-5-8-17/h3-5,7-8,11-12,18H,6,9-10,13H2,1-2H3/b19-12-,22-21?. The van der Waals surface area contributed by atoms with Crippen molar-refractivity contribution < 1.29 is 13.9 Å². The summed E-state index contributed by atoms with van der Waals surface area (Å²) in [6.45, 7) is 5.12. The number of thioether (sulfide) groups is 1. The SMILES string of the molecule is Cc1cc(/C=C2\SC(=Nc3ccccc3)N(CC3CCCO3)C2=O)c(C)o1. The van der Waals surface area contributed by atoms with Gasteiger partial charge in [0.1, 0.15) is 11.5 Å². The second kappa shape index (κ2) is 7.74. The smallest absolute Gasteiger partial charge is 0.266 e. The van der Waals surface area contributed by atoms with Gasteiger partial charge in [-0.25, -0.2) is 4.99 Å². The molecule has 3 heterocycles. The summed E-state index contributed by atoms with van der Waals surface area (Å²) in [6.07, 6.45) is 4.00. The van der Waals surface area contributed by atoms with Crippen LogP contribution in [0.5, 0.6) is 0 Å². The maximum atomic E-state index is 13.1. The molecule has 1 aromatic carbocycles. The van der Waals surface area contributed by atoms with Crippen LogP contribution in [0, 0.1) is 13.8 Å². The van der Waals surface area contributed by atoms with E-state index in [1.807, 2.05) is 56.3 Å². The Bertz CT molecular complexity index is 895. The molecule has 140 valence electrons. The first-order chi connectivity index (χ1) is 13.1. The summed E-state index contributed by atoms with van der Waals surface area (Å²) in [5.74, 6) is 1.63. The number of carbonyl (C=O) groups excluding carboxylic acids is 1. The van der Waals surface area contributed by atoms with Crippen LogP contribution in [0.25, 0.3) is 6.08 Å². The Hall–Kier alpha value is -2.31. The molecule has 1 amide bonds. The number of nitrogens with zero attached hydrogens (tertiary/aromatic N) is 2. The van der Waals surface area contributed by atoms with E-state index in [1.54, 1.807) is 4.90 Å². The predicted molar refractivity (Wildman–Crippen MR) is 108 cm³/mol. The minimum absolute atomic E-state index is 0.0246. The zero-order chi connectivity index (χ0) is 18.8. The minimum Gasteiger partial charge on any atom is -0.466 e. The molecule has 0 saturated carbocycles. The van der Waals surface area contributed by atoms with Gasteiger partial charge in [0.05, 0.1) is 23.2 Å². The quantitative estimate of drug-likeness (QED) is 0.721. The van der Waals surface area contributed by atoms with Crippen molar-refractivity contribution in [2.75, 3.05) is 13.2 Å². The summed E-state index contributed by atoms with van der Waals surface area (Å²) in [5, 5.41) is 0.700. The molecule has 0 radical (unpaired) electrons. The summed E-state index contributed by atoms with van der Waals surface area (Å²) < 4.78 is 11.3. The lowest BCUT2D eigenvalue weighted by molar-refractivity contribution is -0.123. The maximum Gasteiger partial charge on any atom is 0.266 e. The number of benzene rings is 1. The lowest BCUT2D eigenvalue weighted by Crippen LogP contribution is -2.36. The van der Waals surface area contributed by atoms with Crippen LogP contribution in [-0.2, 0) is 9.53 Å². The van der Waals surface area contributed by atoms with Crippen molar-refractivity contribution in [1.29, 1.82) is 0 Å². The van der Waals surface area contributed by atoms with Crippen LogP contribution in [0.2, 0.25) is 0 Å². The fourth-order valence-electron chi connectivity index (χ4n) is 3.29. The zero-order valence-corrected chi connectivity index (χ0v) is 16.3. The van der Waals surface area contributed by atoms with E-state index in [-0.39, 0.29) is 12.0 Å². The van der Waals surface area contributed by atoms with Gasteiger partial charge in [-0.1, -0.05) is 18.2 Å². The lowest BCUT2D eigenvalue weighted by atomic mass is 10.2. The number of furan rings is 1. The molecule has 0 aliphatic carbocycles. The van der Waals surface area contributed by atoms with E-state index in [9.17, 15) is 4.79 Å². The first-order valence-corrected chi connectivity index (χ1v) is 9.95. The molecule has 27 heavy (non-hydrogen) atoms. The van der Waals surface area contributed by atoms with Crippen LogP contribution in [-0.4, -0.2) is 35.2 Å². The molecule has 2 fully saturated rings. The average molecular weight is 382 g/mol. The van der Waals surface area contributed by atoms with Crippen molar-refractivity contribution in [3.05, 3.63) is 58.4 Å². The highest BCUT2D eigenvalue weighted by Gasteiger charge is 2.36. The van der Waals surface area contributed by atoms with Gasteiger partial charge in [-0.05, 0) is 62.7 Å². The van der Waals surface area contributed by atoms with Gasteiger partial charge in [0, 0.05) is 12.2 Å². The Morgan fingerprint density at radius 1 is 1.30 bits per heavy atom. The van der Waals surface area contributed by atoms with Crippen molar-refractivity contribution in [2.45, 2.75) is 32.8 Å². The Balaban J connectivity index is 1.66. The highest BCUT2D eigenvalue weighted by Crippen LogP contribution is 2.35. The van der Waals surface area contributed by atoms with Gasteiger partial charge >= 0.3 is 0 Å². The van der Waals surface area contributed by atoms with Crippen LogP contribution in [0.3, 0.4) is 0 Å². The number of aryl methyl sites for hydroxylation is 2. The number of aliphatic imine (C=N–C) groups is 1. The van der Waals surface area contributed by atoms with Crippen molar-refractivity contribution in [1.82, 2.24) is 4.90 Å². The monoisotopic (exact) mass is 382 g/mol. The largest absolute Gasteiger partial charge is 0.466 e. The van der Waals surface area contributed by atoms with Gasteiger partial charge in [0.2, 0.25) is 0 Å². The van der Waals surface area contributed by atoms with Crippen LogP contribution in [0.15, 0.2) is 50.7 Å². The van der Waals surface area contributed by atoms with Gasteiger partial charge in [-0.2, -0.15) is 0 Å². The molecular formula is C21H22N2O3S. The van der Waals surface area contributed by atoms with Crippen molar-refractivity contribution in [2.24, 2.45) is 4.99 Å². The van der Waals surface area contributed by atoms with Crippen LogP contribution in [0.1, 0.15) is 29.9 Å². The molecule has 2 aliphatic rings. The van der Waals surface area contributed by atoms with Gasteiger partial charge in [0.25, 0.3) is 5.91 Å². The molecule has 4 rings (SSSR count). The maximum absolute atomic E-state index is 13.1. The molecule has 2 aromatic rings. The van der Waals surface area contributed by atoms with Crippen molar-refractivity contribution >= 4 is 34.6 Å². The Morgan fingerprint density at radius 2 is 2.11 bits per heavy atom. The van der Waals surface area contributed by atoms with Crippen LogP contribution < -0.4 is 0 Å². The van der Waals surface area contributed by atoms with E-state index in [1.165, 1.54) is 11.8 Å². The molecule has 1 aromatic heterocycles. The van der Waals surface area contributed by atoms with Gasteiger partial charge < -0.3 is 9.15 Å². The van der Waals surface area contributed by atoms with Crippen molar-refractivity contribution in [3.8, 4) is 0 Å². The van der Waals surface area contributed by atoms with E-state index in [2.05, 4.69) is 0 Å². The summed E-state index contributed by atoms with van der Waals surface area (Å²) in [5.41, 5.74) is 1.77. The summed E-state index contributed by atoms with van der Waals surface area (Å²) in [7, 11) is 0. The van der Waals surface area contributed by atoms with E-state index in [0.717, 1.165) is 42.2 Å². The van der Waals surface area contributed by atoms with E-state index in [0.29, 0.717) is 16.6 Å².